The molecule has 0 aromatic carbocycles. The van der Waals surface area contributed by atoms with Crippen molar-refractivity contribution in [2.75, 3.05) is 20.1 Å². The van der Waals surface area contributed by atoms with E-state index in [0.29, 0.717) is 5.92 Å². The first kappa shape index (κ1) is 11.4. The fourth-order valence-corrected chi connectivity index (χ4v) is 3.45. The van der Waals surface area contributed by atoms with Crippen LogP contribution in [0.2, 0.25) is 0 Å². The number of hydrogen-bond donors (Lipinski definition) is 1. The highest BCUT2D eigenvalue weighted by Crippen LogP contribution is 2.40. The van der Waals surface area contributed by atoms with Crippen LogP contribution in [-0.2, 0) is 0 Å². The van der Waals surface area contributed by atoms with E-state index in [4.69, 9.17) is 0 Å². The summed E-state index contributed by atoms with van der Waals surface area (Å²) >= 11 is 0. The maximum Gasteiger partial charge on any atom is 0.0814 e. The van der Waals surface area contributed by atoms with E-state index in [2.05, 4.69) is 18.9 Å². The van der Waals surface area contributed by atoms with Crippen molar-refractivity contribution in [2.45, 2.75) is 51.0 Å². The lowest BCUT2D eigenvalue weighted by molar-refractivity contribution is -0.0276. The van der Waals surface area contributed by atoms with Crippen molar-refractivity contribution in [3.63, 3.8) is 0 Å². The Morgan fingerprint density at radius 1 is 1.27 bits per heavy atom. The molecule has 1 saturated heterocycles. The van der Waals surface area contributed by atoms with Crippen LogP contribution in [0.4, 0.5) is 0 Å². The molecule has 2 rings (SSSR count). The number of hydrogen-bond acceptors (Lipinski definition) is 2. The smallest absolute Gasteiger partial charge is 0.0814 e. The Bertz CT molecular complexity index is 211. The van der Waals surface area contributed by atoms with Gasteiger partial charge in [-0.25, -0.2) is 0 Å². The van der Waals surface area contributed by atoms with Gasteiger partial charge in [-0.1, -0.05) is 26.2 Å². The van der Waals surface area contributed by atoms with Crippen molar-refractivity contribution in [2.24, 2.45) is 11.8 Å². The average Bonchev–Trinajstić information content (AvgIpc) is 2.60. The second-order valence-corrected chi connectivity index (χ2v) is 5.72. The van der Waals surface area contributed by atoms with E-state index in [1.165, 1.54) is 32.1 Å². The second-order valence-electron chi connectivity index (χ2n) is 5.72. The zero-order valence-corrected chi connectivity index (χ0v) is 10.2. The van der Waals surface area contributed by atoms with Gasteiger partial charge in [-0.15, -0.1) is 0 Å². The van der Waals surface area contributed by atoms with E-state index in [9.17, 15) is 5.11 Å². The number of aliphatic hydroxyl groups is 1. The van der Waals surface area contributed by atoms with Crippen molar-refractivity contribution in [1.29, 1.82) is 0 Å². The Kier molecular flexibility index (Phi) is 3.36. The molecule has 2 fully saturated rings. The molecular weight excluding hydrogens is 186 g/mol. The van der Waals surface area contributed by atoms with Crippen LogP contribution < -0.4 is 0 Å². The molecule has 88 valence electrons. The summed E-state index contributed by atoms with van der Waals surface area (Å²) in [6.45, 7) is 4.27. The van der Waals surface area contributed by atoms with Gasteiger partial charge >= 0.3 is 0 Å². The molecule has 1 saturated carbocycles. The molecule has 1 aliphatic carbocycles. The fourth-order valence-electron chi connectivity index (χ4n) is 3.45. The molecule has 0 bridgehead atoms. The third-order valence-corrected chi connectivity index (χ3v) is 4.65. The molecule has 0 aromatic rings. The molecule has 1 heterocycles. The first-order valence-corrected chi connectivity index (χ1v) is 6.55. The van der Waals surface area contributed by atoms with Crippen molar-refractivity contribution >= 4 is 0 Å². The number of rotatable bonds is 2. The minimum absolute atomic E-state index is 0.354. The maximum atomic E-state index is 10.6. The molecular formula is C13H25NO. The molecule has 1 N–H and O–H groups in total. The van der Waals surface area contributed by atoms with Gasteiger partial charge in [0, 0.05) is 13.1 Å². The average molecular weight is 211 g/mol. The van der Waals surface area contributed by atoms with E-state index in [0.717, 1.165) is 25.4 Å². The summed E-state index contributed by atoms with van der Waals surface area (Å²) in [5.74, 6) is 1.51. The lowest BCUT2D eigenvalue weighted by atomic mass is 9.72. The van der Waals surface area contributed by atoms with Gasteiger partial charge < -0.3 is 10.0 Å². The molecule has 2 aliphatic rings. The van der Waals surface area contributed by atoms with E-state index >= 15 is 0 Å². The van der Waals surface area contributed by atoms with Gasteiger partial charge in [-0.05, 0) is 38.1 Å². The van der Waals surface area contributed by atoms with Crippen molar-refractivity contribution < 1.29 is 5.11 Å². The van der Waals surface area contributed by atoms with Gasteiger partial charge in [0.2, 0.25) is 0 Å². The van der Waals surface area contributed by atoms with Crippen LogP contribution in [0.15, 0.2) is 0 Å². The fraction of sp³-hybridized carbons (Fsp3) is 1.00. The van der Waals surface area contributed by atoms with Gasteiger partial charge in [0.05, 0.1) is 5.60 Å². The number of β-amino-alcohol motifs (C(OH)–C–C–N with tert-alkyl or cyclic N) is 1. The molecule has 15 heavy (non-hydrogen) atoms. The molecule has 0 amide bonds. The molecule has 2 nitrogen and oxygen atoms in total. The first-order chi connectivity index (χ1) is 7.14. The quantitative estimate of drug-likeness (QED) is 0.757. The van der Waals surface area contributed by atoms with Crippen molar-refractivity contribution in [1.82, 2.24) is 4.90 Å². The summed E-state index contributed by atoms with van der Waals surface area (Å²) in [5.41, 5.74) is -0.354. The largest absolute Gasteiger partial charge is 0.388 e. The standard InChI is InChI=1S/C13H25NO/c1-3-11-4-6-12(7-5-11)13(15)8-9-14(2)10-13/h11-12,15H,3-10H2,1-2H3. The second kappa shape index (κ2) is 4.42. The van der Waals surface area contributed by atoms with Gasteiger partial charge in [0.15, 0.2) is 0 Å². The van der Waals surface area contributed by atoms with Crippen LogP contribution in [0.3, 0.4) is 0 Å². The van der Waals surface area contributed by atoms with Crippen LogP contribution in [-0.4, -0.2) is 35.7 Å². The lowest BCUT2D eigenvalue weighted by Crippen LogP contribution is -2.42. The third kappa shape index (κ3) is 2.36. The van der Waals surface area contributed by atoms with E-state index in [1.54, 1.807) is 0 Å². The van der Waals surface area contributed by atoms with Crippen molar-refractivity contribution in [3.05, 3.63) is 0 Å². The Labute approximate surface area is 93.7 Å². The molecule has 1 aliphatic heterocycles. The minimum atomic E-state index is -0.354. The normalized spacial score (nSPS) is 43.4. The predicted molar refractivity (Wildman–Crippen MR) is 62.8 cm³/mol. The van der Waals surface area contributed by atoms with Crippen molar-refractivity contribution in [3.8, 4) is 0 Å². The molecule has 0 spiro atoms. The van der Waals surface area contributed by atoms with E-state index in [-0.39, 0.29) is 5.60 Å². The van der Waals surface area contributed by atoms with Gasteiger partial charge in [0.1, 0.15) is 0 Å². The first-order valence-electron chi connectivity index (χ1n) is 6.55. The zero-order chi connectivity index (χ0) is 10.9. The summed E-state index contributed by atoms with van der Waals surface area (Å²) in [7, 11) is 2.12. The Hall–Kier alpha value is -0.0800. The molecule has 1 atom stereocenters. The summed E-state index contributed by atoms with van der Waals surface area (Å²) in [6, 6.07) is 0. The minimum Gasteiger partial charge on any atom is -0.388 e. The molecule has 1 unspecified atom stereocenters. The molecule has 2 heteroatoms. The summed E-state index contributed by atoms with van der Waals surface area (Å²) < 4.78 is 0. The number of likely N-dealkylation sites (N-methyl/N-ethyl adjacent to an activating group) is 1. The predicted octanol–water partition coefficient (Wildman–Crippen LogP) is 2.27. The zero-order valence-electron chi connectivity index (χ0n) is 10.2. The molecule has 0 radical (unpaired) electrons. The van der Waals surface area contributed by atoms with Gasteiger partial charge in [-0.2, -0.15) is 0 Å². The highest BCUT2D eigenvalue weighted by atomic mass is 16.3. The van der Waals surface area contributed by atoms with Crippen LogP contribution in [0, 0.1) is 11.8 Å². The van der Waals surface area contributed by atoms with E-state index in [1.807, 2.05) is 0 Å². The Balaban J connectivity index is 1.90. The Morgan fingerprint density at radius 3 is 2.40 bits per heavy atom. The highest BCUT2D eigenvalue weighted by Gasteiger charge is 2.42. The topological polar surface area (TPSA) is 23.5 Å². The summed E-state index contributed by atoms with van der Waals surface area (Å²) in [5, 5.41) is 10.6. The SMILES string of the molecule is CCC1CCC(C2(O)CCN(C)C2)CC1. The Morgan fingerprint density at radius 2 is 1.93 bits per heavy atom. The number of likely N-dealkylation sites (tertiary alicyclic amines) is 1. The highest BCUT2D eigenvalue weighted by molar-refractivity contribution is 4.95. The van der Waals surface area contributed by atoms with Crippen LogP contribution in [0.25, 0.3) is 0 Å². The van der Waals surface area contributed by atoms with E-state index < -0.39 is 0 Å². The molecule has 0 aromatic heterocycles. The van der Waals surface area contributed by atoms with Crippen LogP contribution >= 0.6 is 0 Å². The maximum absolute atomic E-state index is 10.6. The monoisotopic (exact) mass is 211 g/mol. The van der Waals surface area contributed by atoms with Crippen LogP contribution in [0.5, 0.6) is 0 Å². The summed E-state index contributed by atoms with van der Waals surface area (Å²) in [4.78, 5) is 2.27. The third-order valence-electron chi connectivity index (χ3n) is 4.65. The summed E-state index contributed by atoms with van der Waals surface area (Å²) in [6.07, 6.45) is 7.50. The van der Waals surface area contributed by atoms with Gasteiger partial charge in [-0.3, -0.25) is 0 Å². The lowest BCUT2D eigenvalue weighted by Gasteiger charge is -2.37. The van der Waals surface area contributed by atoms with Crippen LogP contribution in [0.1, 0.15) is 45.4 Å². The number of nitrogens with zero attached hydrogens (tertiary/aromatic N) is 1. The van der Waals surface area contributed by atoms with Gasteiger partial charge in [0.25, 0.3) is 0 Å².